The smallest absolute Gasteiger partial charge is 0.327 e. The van der Waals surface area contributed by atoms with Crippen LogP contribution in [0.4, 0.5) is 5.69 Å². The van der Waals surface area contributed by atoms with Crippen molar-refractivity contribution in [2.45, 2.75) is 33.1 Å². The zero-order valence-electron chi connectivity index (χ0n) is 13.3. The van der Waals surface area contributed by atoms with Gasteiger partial charge in [0.25, 0.3) is 0 Å². The topological polar surface area (TPSA) is 81.7 Å². The van der Waals surface area contributed by atoms with E-state index in [0.717, 1.165) is 0 Å². The van der Waals surface area contributed by atoms with Gasteiger partial charge in [-0.3, -0.25) is 14.4 Å². The number of nitrogens with one attached hydrogen (secondary N) is 1. The maximum atomic E-state index is 12.3. The summed E-state index contributed by atoms with van der Waals surface area (Å²) in [5, 5.41) is 2.62. The highest BCUT2D eigenvalue weighted by molar-refractivity contribution is 6.06. The molecule has 0 aliphatic carbocycles. The first kappa shape index (κ1) is 17.7. The van der Waals surface area contributed by atoms with Gasteiger partial charge in [0, 0.05) is 12.6 Å². The first-order valence-electron chi connectivity index (χ1n) is 7.08. The van der Waals surface area contributed by atoms with Crippen molar-refractivity contribution in [1.82, 2.24) is 0 Å². The second-order valence-corrected chi connectivity index (χ2v) is 4.82. The third kappa shape index (κ3) is 3.84. The van der Waals surface area contributed by atoms with Crippen molar-refractivity contribution in [2.24, 2.45) is 0 Å². The number of rotatable bonds is 6. The van der Waals surface area contributed by atoms with E-state index in [4.69, 9.17) is 9.47 Å². The largest absolute Gasteiger partial charge is 0.465 e. The molecule has 1 rings (SSSR count). The minimum Gasteiger partial charge on any atom is -0.465 e. The average molecular weight is 307 g/mol. The fourth-order valence-corrected chi connectivity index (χ4v) is 1.96. The highest BCUT2D eigenvalue weighted by Gasteiger charge is 2.46. The van der Waals surface area contributed by atoms with E-state index in [2.05, 4.69) is 5.32 Å². The van der Waals surface area contributed by atoms with Gasteiger partial charge in [-0.15, -0.1) is 0 Å². The third-order valence-electron chi connectivity index (χ3n) is 3.15. The number of benzene rings is 1. The number of hydrogen-bond donors (Lipinski definition) is 1. The number of carbonyl (C=O) groups is 3. The van der Waals surface area contributed by atoms with Gasteiger partial charge in [0.2, 0.25) is 5.91 Å². The zero-order valence-corrected chi connectivity index (χ0v) is 13.3. The molecule has 0 heterocycles. The summed E-state index contributed by atoms with van der Waals surface area (Å²) in [4.78, 5) is 35.5. The third-order valence-corrected chi connectivity index (χ3v) is 3.15. The van der Waals surface area contributed by atoms with Gasteiger partial charge in [0.05, 0.1) is 13.2 Å². The molecule has 0 bridgehead atoms. The molecule has 0 atom stereocenters. The first-order valence-corrected chi connectivity index (χ1v) is 7.08. The minimum atomic E-state index is -1.54. The van der Waals surface area contributed by atoms with Gasteiger partial charge in [-0.25, -0.2) is 0 Å². The van der Waals surface area contributed by atoms with Gasteiger partial charge < -0.3 is 14.8 Å². The Bertz CT molecular complexity index is 532. The SMILES string of the molecule is CCOC(=O)C(C)(C(=O)OCC)c1ccc(NC(C)=O)cc1. The van der Waals surface area contributed by atoms with Crippen LogP contribution in [0, 0.1) is 0 Å². The molecule has 0 unspecified atom stereocenters. The predicted molar refractivity (Wildman–Crippen MR) is 81.4 cm³/mol. The van der Waals surface area contributed by atoms with Gasteiger partial charge >= 0.3 is 11.9 Å². The molecule has 0 saturated heterocycles. The molecular weight excluding hydrogens is 286 g/mol. The monoisotopic (exact) mass is 307 g/mol. The van der Waals surface area contributed by atoms with Crippen molar-refractivity contribution in [1.29, 1.82) is 0 Å². The second kappa shape index (κ2) is 7.59. The molecule has 0 aliphatic heterocycles. The summed E-state index contributed by atoms with van der Waals surface area (Å²) in [6.07, 6.45) is 0. The van der Waals surface area contributed by atoms with Gasteiger partial charge in [-0.2, -0.15) is 0 Å². The predicted octanol–water partition coefficient (Wildman–Crippen LogP) is 2.03. The summed E-state index contributed by atoms with van der Waals surface area (Å²) < 4.78 is 10.0. The Balaban J connectivity index is 3.18. The van der Waals surface area contributed by atoms with Crippen LogP contribution < -0.4 is 5.32 Å². The summed E-state index contributed by atoms with van der Waals surface area (Å²) in [6, 6.07) is 6.43. The van der Waals surface area contributed by atoms with Crippen molar-refractivity contribution in [2.75, 3.05) is 18.5 Å². The minimum absolute atomic E-state index is 0.164. The zero-order chi connectivity index (χ0) is 16.8. The Hall–Kier alpha value is -2.37. The molecule has 1 aromatic carbocycles. The number of anilines is 1. The Morgan fingerprint density at radius 2 is 1.45 bits per heavy atom. The quantitative estimate of drug-likeness (QED) is 0.642. The molecule has 0 radical (unpaired) electrons. The van der Waals surface area contributed by atoms with Crippen LogP contribution >= 0.6 is 0 Å². The summed E-state index contributed by atoms with van der Waals surface area (Å²) in [5.74, 6) is -1.53. The van der Waals surface area contributed by atoms with Crippen LogP contribution in [0.5, 0.6) is 0 Å². The Labute approximate surface area is 129 Å². The lowest BCUT2D eigenvalue weighted by atomic mass is 9.82. The van der Waals surface area contributed by atoms with Crippen LogP contribution in [0.2, 0.25) is 0 Å². The van der Waals surface area contributed by atoms with Gasteiger partial charge in [-0.1, -0.05) is 12.1 Å². The number of ether oxygens (including phenoxy) is 2. The van der Waals surface area contributed by atoms with E-state index in [-0.39, 0.29) is 19.1 Å². The van der Waals surface area contributed by atoms with Crippen molar-refractivity contribution < 1.29 is 23.9 Å². The van der Waals surface area contributed by atoms with E-state index in [9.17, 15) is 14.4 Å². The molecule has 0 fully saturated rings. The second-order valence-electron chi connectivity index (χ2n) is 4.82. The van der Waals surface area contributed by atoms with Crippen molar-refractivity contribution in [3.05, 3.63) is 29.8 Å². The normalized spacial score (nSPS) is 10.7. The Morgan fingerprint density at radius 3 is 1.82 bits per heavy atom. The lowest BCUT2D eigenvalue weighted by molar-refractivity contribution is -0.163. The van der Waals surface area contributed by atoms with Crippen LogP contribution in [-0.2, 0) is 29.3 Å². The number of amides is 1. The summed E-state index contributed by atoms with van der Waals surface area (Å²) in [6.45, 7) is 6.54. The maximum Gasteiger partial charge on any atom is 0.327 e. The molecule has 1 N–H and O–H groups in total. The van der Waals surface area contributed by atoms with E-state index in [1.54, 1.807) is 38.1 Å². The highest BCUT2D eigenvalue weighted by atomic mass is 16.6. The molecular formula is C16H21NO5. The van der Waals surface area contributed by atoms with E-state index >= 15 is 0 Å². The molecule has 0 aromatic heterocycles. The molecule has 22 heavy (non-hydrogen) atoms. The van der Waals surface area contributed by atoms with E-state index in [1.807, 2.05) is 0 Å². The van der Waals surface area contributed by atoms with Gasteiger partial charge in [0.1, 0.15) is 0 Å². The van der Waals surface area contributed by atoms with Crippen molar-refractivity contribution in [3.8, 4) is 0 Å². The summed E-state index contributed by atoms with van der Waals surface area (Å²) in [7, 11) is 0. The average Bonchev–Trinajstić information content (AvgIpc) is 2.47. The van der Waals surface area contributed by atoms with E-state index < -0.39 is 17.4 Å². The molecule has 120 valence electrons. The van der Waals surface area contributed by atoms with Gasteiger partial charge in [-0.05, 0) is 38.5 Å². The van der Waals surface area contributed by atoms with E-state index in [1.165, 1.54) is 13.8 Å². The standard InChI is InChI=1S/C16H21NO5/c1-5-21-14(19)16(4,15(20)22-6-2)12-7-9-13(10-8-12)17-11(3)18/h7-10H,5-6H2,1-4H3,(H,17,18). The van der Waals surface area contributed by atoms with Crippen LogP contribution in [0.15, 0.2) is 24.3 Å². The van der Waals surface area contributed by atoms with Gasteiger partial charge in [0.15, 0.2) is 5.41 Å². The van der Waals surface area contributed by atoms with Crippen molar-refractivity contribution >= 4 is 23.5 Å². The molecule has 1 amide bonds. The molecule has 0 aliphatic rings. The molecule has 0 spiro atoms. The van der Waals surface area contributed by atoms with Crippen LogP contribution in [-0.4, -0.2) is 31.1 Å². The summed E-state index contributed by atoms with van der Waals surface area (Å²) in [5.41, 5.74) is -0.523. The van der Waals surface area contributed by atoms with Crippen molar-refractivity contribution in [3.63, 3.8) is 0 Å². The molecule has 1 aromatic rings. The van der Waals surface area contributed by atoms with Crippen LogP contribution in [0.1, 0.15) is 33.3 Å². The molecule has 6 heteroatoms. The molecule has 0 saturated carbocycles. The lowest BCUT2D eigenvalue weighted by Gasteiger charge is -2.25. The highest BCUT2D eigenvalue weighted by Crippen LogP contribution is 2.28. The van der Waals surface area contributed by atoms with Crippen LogP contribution in [0.3, 0.4) is 0 Å². The van der Waals surface area contributed by atoms with E-state index in [0.29, 0.717) is 11.3 Å². The fourth-order valence-electron chi connectivity index (χ4n) is 1.96. The number of esters is 2. The lowest BCUT2D eigenvalue weighted by Crippen LogP contribution is -2.43. The Morgan fingerprint density at radius 1 is 1.00 bits per heavy atom. The maximum absolute atomic E-state index is 12.3. The summed E-state index contributed by atoms with van der Waals surface area (Å²) >= 11 is 0. The van der Waals surface area contributed by atoms with Crippen LogP contribution in [0.25, 0.3) is 0 Å². The fraction of sp³-hybridized carbons (Fsp3) is 0.438. The number of carbonyl (C=O) groups excluding carboxylic acids is 3. The Kier molecular flexibility index (Phi) is 6.10. The number of hydrogen-bond acceptors (Lipinski definition) is 5. The first-order chi connectivity index (χ1) is 10.4. The molecule has 6 nitrogen and oxygen atoms in total.